The second kappa shape index (κ2) is 4.81. The van der Waals surface area contributed by atoms with Crippen LogP contribution in [-0.4, -0.2) is 24.2 Å². The Balaban J connectivity index is 1.89. The summed E-state index contributed by atoms with van der Waals surface area (Å²) in [6.07, 6.45) is 2.69. The van der Waals surface area contributed by atoms with Crippen LogP contribution in [0.5, 0.6) is 0 Å². The Morgan fingerprint density at radius 3 is 2.75 bits per heavy atom. The predicted molar refractivity (Wildman–Crippen MR) is 82.0 cm³/mol. The summed E-state index contributed by atoms with van der Waals surface area (Å²) in [5, 5.41) is 12.7. The number of nitrogens with one attached hydrogen (secondary N) is 1. The molecule has 0 unspecified atom stereocenters. The van der Waals surface area contributed by atoms with Crippen LogP contribution < -0.4 is 5.73 Å². The first-order valence-electron chi connectivity index (χ1n) is 6.48. The number of hydrogen-bond acceptors (Lipinski definition) is 2. The van der Waals surface area contributed by atoms with Gasteiger partial charge in [0.1, 0.15) is 0 Å². The fraction of sp³-hybridized carbons (Fsp3) is 0.125. The van der Waals surface area contributed by atoms with Crippen molar-refractivity contribution in [2.45, 2.75) is 6.42 Å². The first-order chi connectivity index (χ1) is 9.65. The van der Waals surface area contributed by atoms with E-state index in [4.69, 9.17) is 11.1 Å². The number of nitrogens with two attached hydrogens (primary N) is 1. The summed E-state index contributed by atoms with van der Waals surface area (Å²) in [5.74, 6) is -0.0742. The molecule has 2 aromatic carbocycles. The third-order valence-corrected chi connectivity index (χ3v) is 3.55. The smallest absolute Gasteiger partial charge is 0.208 e. The van der Waals surface area contributed by atoms with Gasteiger partial charge in [-0.3, -0.25) is 5.41 Å². The van der Waals surface area contributed by atoms with Crippen LogP contribution in [0.1, 0.15) is 16.7 Å². The first-order valence-corrected chi connectivity index (χ1v) is 6.48. The van der Waals surface area contributed by atoms with Crippen LogP contribution in [0.4, 0.5) is 0 Å². The Hall–Kier alpha value is -2.62. The molecule has 0 amide bonds. The molecular formula is C16H16N4. The van der Waals surface area contributed by atoms with Crippen molar-refractivity contribution in [1.82, 2.24) is 5.01 Å². The Labute approximate surface area is 118 Å². The van der Waals surface area contributed by atoms with Crippen LogP contribution in [0.15, 0.2) is 47.6 Å². The summed E-state index contributed by atoms with van der Waals surface area (Å²) < 4.78 is 0. The summed E-state index contributed by atoms with van der Waals surface area (Å²) in [7, 11) is 1.65. The number of rotatable bonds is 2. The van der Waals surface area contributed by atoms with Crippen LogP contribution in [0.2, 0.25) is 0 Å². The Kier molecular flexibility index (Phi) is 2.99. The maximum atomic E-state index is 7.27. The van der Waals surface area contributed by atoms with Crippen LogP contribution >= 0.6 is 0 Å². The molecule has 0 fully saturated rings. The number of fused-ring (bicyclic) bond motifs is 3. The summed E-state index contributed by atoms with van der Waals surface area (Å²) >= 11 is 0. The molecule has 2 aromatic rings. The van der Waals surface area contributed by atoms with E-state index in [1.54, 1.807) is 13.3 Å². The quantitative estimate of drug-likeness (QED) is 0.424. The molecule has 4 heteroatoms. The lowest BCUT2D eigenvalue weighted by molar-refractivity contribution is 0.536. The molecule has 0 bridgehead atoms. The predicted octanol–water partition coefficient (Wildman–Crippen LogP) is 2.42. The summed E-state index contributed by atoms with van der Waals surface area (Å²) in [6.45, 7) is 0. The van der Waals surface area contributed by atoms with Crippen molar-refractivity contribution in [3.63, 3.8) is 0 Å². The molecule has 0 radical (unpaired) electrons. The van der Waals surface area contributed by atoms with E-state index in [0.717, 1.165) is 12.0 Å². The van der Waals surface area contributed by atoms with Crippen LogP contribution in [0.25, 0.3) is 11.1 Å². The molecule has 0 heterocycles. The number of benzene rings is 2. The van der Waals surface area contributed by atoms with E-state index in [-0.39, 0.29) is 5.96 Å². The largest absolute Gasteiger partial charge is 0.369 e. The van der Waals surface area contributed by atoms with E-state index in [2.05, 4.69) is 41.5 Å². The fourth-order valence-corrected chi connectivity index (χ4v) is 2.46. The molecule has 0 aliphatic heterocycles. The monoisotopic (exact) mass is 264 g/mol. The normalized spacial score (nSPS) is 12.2. The van der Waals surface area contributed by atoms with E-state index in [9.17, 15) is 0 Å². The molecule has 0 saturated heterocycles. The minimum atomic E-state index is -0.0742. The van der Waals surface area contributed by atoms with Crippen molar-refractivity contribution in [2.75, 3.05) is 7.05 Å². The third-order valence-electron chi connectivity index (χ3n) is 3.55. The molecule has 0 aromatic heterocycles. The molecule has 0 spiro atoms. The Bertz CT molecular complexity index is 703. The molecule has 3 rings (SSSR count). The van der Waals surface area contributed by atoms with E-state index < -0.39 is 0 Å². The molecular weight excluding hydrogens is 248 g/mol. The molecule has 0 saturated carbocycles. The molecule has 20 heavy (non-hydrogen) atoms. The highest BCUT2D eigenvalue weighted by Gasteiger charge is 2.17. The molecule has 100 valence electrons. The first kappa shape index (κ1) is 12.4. The van der Waals surface area contributed by atoms with Crippen LogP contribution in [0.3, 0.4) is 0 Å². The summed E-state index contributed by atoms with van der Waals surface area (Å²) in [6, 6.07) is 14.8. The van der Waals surface area contributed by atoms with Crippen molar-refractivity contribution in [1.29, 1.82) is 5.41 Å². The lowest BCUT2D eigenvalue weighted by Gasteiger charge is -2.08. The maximum absolute atomic E-state index is 7.27. The highest BCUT2D eigenvalue weighted by molar-refractivity contribution is 5.85. The van der Waals surface area contributed by atoms with Gasteiger partial charge >= 0.3 is 0 Å². The molecule has 0 atom stereocenters. The van der Waals surface area contributed by atoms with Crippen molar-refractivity contribution in [3.8, 4) is 11.1 Å². The van der Waals surface area contributed by atoms with E-state index in [0.29, 0.717) is 0 Å². The van der Waals surface area contributed by atoms with Crippen molar-refractivity contribution >= 4 is 12.2 Å². The van der Waals surface area contributed by atoms with Gasteiger partial charge in [-0.15, -0.1) is 0 Å². The lowest BCUT2D eigenvalue weighted by atomic mass is 10.0. The SMILES string of the molecule is CN(/N=C/c1ccc2c(c1)Cc1ccccc1-2)C(=N)N. The van der Waals surface area contributed by atoms with Crippen molar-refractivity contribution < 1.29 is 0 Å². The molecule has 3 N–H and O–H groups in total. The molecule has 1 aliphatic carbocycles. The average Bonchev–Trinajstić information content (AvgIpc) is 2.82. The zero-order valence-electron chi connectivity index (χ0n) is 11.3. The van der Waals surface area contributed by atoms with Gasteiger partial charge in [-0.1, -0.05) is 36.4 Å². The van der Waals surface area contributed by atoms with Gasteiger partial charge in [0.15, 0.2) is 0 Å². The van der Waals surface area contributed by atoms with Gasteiger partial charge in [0, 0.05) is 7.05 Å². The number of nitrogens with zero attached hydrogens (tertiary/aromatic N) is 2. The summed E-state index contributed by atoms with van der Waals surface area (Å²) in [5.41, 5.74) is 11.7. The van der Waals surface area contributed by atoms with E-state index in [1.807, 2.05) is 6.07 Å². The highest BCUT2D eigenvalue weighted by atomic mass is 15.5. The zero-order valence-corrected chi connectivity index (χ0v) is 11.3. The minimum absolute atomic E-state index is 0.0742. The van der Waals surface area contributed by atoms with Crippen LogP contribution in [0, 0.1) is 5.41 Å². The standard InChI is InChI=1S/C16H16N4/c1-20(16(17)18)19-10-11-6-7-15-13(8-11)9-12-4-2-3-5-14(12)15/h2-8,10H,9H2,1H3,(H3,17,18)/b19-10+. The Morgan fingerprint density at radius 2 is 1.95 bits per heavy atom. The van der Waals surface area contributed by atoms with Crippen molar-refractivity contribution in [3.05, 3.63) is 59.2 Å². The van der Waals surface area contributed by atoms with Gasteiger partial charge in [0.2, 0.25) is 5.96 Å². The zero-order chi connectivity index (χ0) is 14.1. The maximum Gasteiger partial charge on any atom is 0.208 e. The van der Waals surface area contributed by atoms with Gasteiger partial charge in [0.05, 0.1) is 6.21 Å². The number of hydrogen-bond donors (Lipinski definition) is 2. The second-order valence-corrected chi connectivity index (χ2v) is 4.90. The van der Waals surface area contributed by atoms with E-state index in [1.165, 1.54) is 27.3 Å². The third kappa shape index (κ3) is 2.16. The van der Waals surface area contributed by atoms with Gasteiger partial charge in [-0.25, -0.2) is 5.01 Å². The van der Waals surface area contributed by atoms with E-state index >= 15 is 0 Å². The second-order valence-electron chi connectivity index (χ2n) is 4.90. The highest BCUT2D eigenvalue weighted by Crippen LogP contribution is 2.36. The van der Waals surface area contributed by atoms with Gasteiger partial charge < -0.3 is 5.73 Å². The lowest BCUT2D eigenvalue weighted by Crippen LogP contribution is -2.28. The Morgan fingerprint density at radius 1 is 1.20 bits per heavy atom. The average molecular weight is 264 g/mol. The van der Waals surface area contributed by atoms with Gasteiger partial charge in [0.25, 0.3) is 0 Å². The fourth-order valence-electron chi connectivity index (χ4n) is 2.46. The number of hydrazone groups is 1. The minimum Gasteiger partial charge on any atom is -0.369 e. The van der Waals surface area contributed by atoms with Crippen molar-refractivity contribution in [2.24, 2.45) is 10.8 Å². The summed E-state index contributed by atoms with van der Waals surface area (Å²) in [4.78, 5) is 0. The molecule has 1 aliphatic rings. The number of guanidine groups is 1. The van der Waals surface area contributed by atoms with Crippen LogP contribution in [-0.2, 0) is 6.42 Å². The van der Waals surface area contributed by atoms with Gasteiger partial charge in [-0.2, -0.15) is 5.10 Å². The molecule has 4 nitrogen and oxygen atoms in total. The van der Waals surface area contributed by atoms with Gasteiger partial charge in [-0.05, 0) is 40.3 Å². The topological polar surface area (TPSA) is 65.5 Å².